The summed E-state index contributed by atoms with van der Waals surface area (Å²) in [4.78, 5) is 20.4. The molecule has 0 atom stereocenters. The molecule has 1 aliphatic rings. The Kier molecular flexibility index (Phi) is 8.37. The van der Waals surface area contributed by atoms with Crippen molar-refractivity contribution in [3.05, 3.63) is 66.4 Å². The summed E-state index contributed by atoms with van der Waals surface area (Å²) < 4.78 is 33.3. The Balaban J connectivity index is 1.36. The van der Waals surface area contributed by atoms with Crippen LogP contribution in [-0.2, 0) is 14.8 Å². The number of nitrogens with one attached hydrogen (secondary N) is 1. The lowest BCUT2D eigenvalue weighted by Gasteiger charge is -2.32. The van der Waals surface area contributed by atoms with E-state index in [0.717, 1.165) is 48.4 Å². The number of carbonyl (C=O) groups excluding carboxylic acids is 1. The second-order valence-corrected chi connectivity index (χ2v) is 12.8. The van der Waals surface area contributed by atoms with Crippen molar-refractivity contribution in [2.75, 3.05) is 63.8 Å². The zero-order valence-corrected chi connectivity index (χ0v) is 25.4. The number of amides is 1. The van der Waals surface area contributed by atoms with Gasteiger partial charge in [-0.3, -0.25) is 14.0 Å². The number of hydrogen-bond donors (Lipinski definition) is 1. The molecule has 0 aliphatic carbocycles. The second kappa shape index (κ2) is 12.0. The van der Waals surface area contributed by atoms with Crippen LogP contribution in [0, 0.1) is 0 Å². The van der Waals surface area contributed by atoms with Gasteiger partial charge < -0.3 is 15.0 Å². The number of piperidine rings is 1. The maximum absolute atomic E-state index is 12.3. The average molecular weight is 592 g/mol. The highest BCUT2D eigenvalue weighted by Gasteiger charge is 2.24. The molecule has 12 heteroatoms. The lowest BCUT2D eigenvalue weighted by atomic mass is 9.89. The number of likely N-dealkylation sites (tertiary alicyclic amines) is 1. The van der Waals surface area contributed by atoms with E-state index in [1.165, 1.54) is 23.2 Å². The molecule has 0 spiro atoms. The fourth-order valence-electron chi connectivity index (χ4n) is 5.25. The van der Waals surface area contributed by atoms with Gasteiger partial charge in [-0.15, -0.1) is 5.10 Å². The zero-order valence-electron chi connectivity index (χ0n) is 24.6. The van der Waals surface area contributed by atoms with Gasteiger partial charge in [-0.1, -0.05) is 24.3 Å². The Bertz CT molecular complexity index is 1700. The van der Waals surface area contributed by atoms with Gasteiger partial charge in [0.05, 0.1) is 48.7 Å². The van der Waals surface area contributed by atoms with Gasteiger partial charge in [-0.2, -0.15) is 0 Å². The number of nitrogens with zero attached hydrogens (tertiary/aromatic N) is 6. The quantitative estimate of drug-likeness (QED) is 0.313. The minimum absolute atomic E-state index is 0.128. The van der Waals surface area contributed by atoms with E-state index >= 15 is 0 Å². The van der Waals surface area contributed by atoms with E-state index in [-0.39, 0.29) is 5.91 Å². The number of aromatic nitrogens is 3. The van der Waals surface area contributed by atoms with Gasteiger partial charge in [0, 0.05) is 26.7 Å². The molecule has 11 nitrogen and oxygen atoms in total. The molecule has 222 valence electrons. The van der Waals surface area contributed by atoms with Gasteiger partial charge in [0.25, 0.3) is 0 Å². The Hall–Kier alpha value is -4.16. The predicted molar refractivity (Wildman–Crippen MR) is 165 cm³/mol. The minimum Gasteiger partial charge on any atom is -0.495 e. The van der Waals surface area contributed by atoms with Crippen molar-refractivity contribution in [3.63, 3.8) is 0 Å². The molecule has 2 aromatic heterocycles. The van der Waals surface area contributed by atoms with Crippen molar-refractivity contribution in [2.24, 2.45) is 0 Å². The summed E-state index contributed by atoms with van der Waals surface area (Å²) in [7, 11) is 3.30. The highest BCUT2D eigenvalue weighted by Crippen LogP contribution is 2.36. The standard InChI is InChI=1S/C30H37N7O4S/c1-34(2)29(38)20-36-16-14-21(15-17-36)22-10-12-25(28(18-22)41-4)32-30-31-19-23-11-13-27(37(23)33-30)24-8-6-7-9-26(24)35(3)42(5,39)40/h6-13,18-19,21H,14-17,20H2,1-5H3,(H,32,33). The van der Waals surface area contributed by atoms with Gasteiger partial charge in [0.15, 0.2) is 0 Å². The third-order valence-corrected chi connectivity index (χ3v) is 9.00. The SMILES string of the molecule is COc1cc(C2CCN(CC(=O)N(C)C)CC2)ccc1Nc1ncc2ccc(-c3ccccc3N(C)S(C)(=O)=O)n2n1. The van der Waals surface area contributed by atoms with E-state index in [1.807, 2.05) is 36.4 Å². The molecule has 5 rings (SSSR count). The zero-order chi connectivity index (χ0) is 30.0. The number of anilines is 3. The number of sulfonamides is 1. The van der Waals surface area contributed by atoms with Crippen LogP contribution < -0.4 is 14.4 Å². The number of benzene rings is 2. The molecule has 2 aromatic carbocycles. The summed E-state index contributed by atoms with van der Waals surface area (Å²) in [5.41, 5.74) is 4.73. The molecule has 1 amide bonds. The molecule has 3 heterocycles. The van der Waals surface area contributed by atoms with E-state index in [4.69, 9.17) is 9.84 Å². The first-order valence-corrected chi connectivity index (χ1v) is 15.7. The first-order chi connectivity index (χ1) is 20.0. The number of fused-ring (bicyclic) bond motifs is 1. The molecule has 1 saturated heterocycles. The Morgan fingerprint density at radius 2 is 1.81 bits per heavy atom. The van der Waals surface area contributed by atoms with E-state index in [9.17, 15) is 13.2 Å². The molecule has 0 saturated carbocycles. The number of ether oxygens (including phenoxy) is 1. The molecule has 4 aromatic rings. The number of methoxy groups -OCH3 is 1. The topological polar surface area (TPSA) is 112 Å². The van der Waals surface area contributed by atoms with Gasteiger partial charge in [0.2, 0.25) is 21.9 Å². The van der Waals surface area contributed by atoms with Crippen molar-refractivity contribution in [2.45, 2.75) is 18.8 Å². The summed E-state index contributed by atoms with van der Waals surface area (Å²) in [6, 6.07) is 17.3. The smallest absolute Gasteiger partial charge is 0.245 e. The largest absolute Gasteiger partial charge is 0.495 e. The Morgan fingerprint density at radius 3 is 2.50 bits per heavy atom. The van der Waals surface area contributed by atoms with Gasteiger partial charge >= 0.3 is 0 Å². The van der Waals surface area contributed by atoms with Crippen LogP contribution in [0.3, 0.4) is 0 Å². The molecule has 42 heavy (non-hydrogen) atoms. The monoisotopic (exact) mass is 591 g/mol. The van der Waals surface area contributed by atoms with Crippen molar-refractivity contribution in [3.8, 4) is 17.0 Å². The van der Waals surface area contributed by atoms with Crippen molar-refractivity contribution in [1.82, 2.24) is 24.4 Å². The Labute approximate surface area is 246 Å². The van der Waals surface area contributed by atoms with Gasteiger partial charge in [-0.05, 0) is 67.7 Å². The number of carbonyl (C=O) groups is 1. The molecule has 0 radical (unpaired) electrons. The van der Waals surface area contributed by atoms with E-state index in [2.05, 4.69) is 27.3 Å². The molecule has 0 unspecified atom stereocenters. The van der Waals surface area contributed by atoms with Crippen LogP contribution in [0.2, 0.25) is 0 Å². The number of para-hydroxylation sites is 1. The summed E-state index contributed by atoms with van der Waals surface area (Å²) in [6.07, 6.45) is 4.85. The number of hydrogen-bond acceptors (Lipinski definition) is 8. The maximum Gasteiger partial charge on any atom is 0.245 e. The van der Waals surface area contributed by atoms with Crippen LogP contribution in [0.5, 0.6) is 5.75 Å². The van der Waals surface area contributed by atoms with Crippen LogP contribution in [0.25, 0.3) is 16.8 Å². The van der Waals surface area contributed by atoms with E-state index in [0.29, 0.717) is 29.8 Å². The molecule has 0 bridgehead atoms. The fourth-order valence-corrected chi connectivity index (χ4v) is 5.77. The highest BCUT2D eigenvalue weighted by atomic mass is 32.2. The van der Waals surface area contributed by atoms with E-state index < -0.39 is 10.0 Å². The Morgan fingerprint density at radius 1 is 1.07 bits per heavy atom. The molecular formula is C30H37N7O4S. The second-order valence-electron chi connectivity index (χ2n) is 10.8. The molecule has 1 fully saturated rings. The maximum atomic E-state index is 12.3. The van der Waals surface area contributed by atoms with Gasteiger partial charge in [0.1, 0.15) is 5.75 Å². The van der Waals surface area contributed by atoms with Crippen LogP contribution in [0.1, 0.15) is 24.3 Å². The molecular weight excluding hydrogens is 554 g/mol. The average Bonchev–Trinajstić information content (AvgIpc) is 3.40. The summed E-state index contributed by atoms with van der Waals surface area (Å²) in [6.45, 7) is 2.21. The van der Waals surface area contributed by atoms with E-state index in [1.54, 1.807) is 42.9 Å². The lowest BCUT2D eigenvalue weighted by Crippen LogP contribution is -2.40. The highest BCUT2D eigenvalue weighted by molar-refractivity contribution is 7.92. The third kappa shape index (κ3) is 6.19. The third-order valence-electron chi connectivity index (χ3n) is 7.80. The van der Waals surface area contributed by atoms with Crippen LogP contribution in [0.4, 0.5) is 17.3 Å². The van der Waals surface area contributed by atoms with Gasteiger partial charge in [-0.25, -0.2) is 17.9 Å². The normalized spacial score (nSPS) is 14.6. The summed E-state index contributed by atoms with van der Waals surface area (Å²) >= 11 is 0. The van der Waals surface area contributed by atoms with Crippen LogP contribution >= 0.6 is 0 Å². The molecule has 1 N–H and O–H groups in total. The number of likely N-dealkylation sites (N-methyl/N-ethyl adjacent to an activating group) is 1. The van der Waals surface area contributed by atoms with Crippen molar-refractivity contribution in [1.29, 1.82) is 0 Å². The summed E-state index contributed by atoms with van der Waals surface area (Å²) in [5, 5.41) is 8.03. The minimum atomic E-state index is -3.45. The van der Waals surface area contributed by atoms with Crippen LogP contribution in [0.15, 0.2) is 60.8 Å². The first-order valence-electron chi connectivity index (χ1n) is 13.8. The predicted octanol–water partition coefficient (Wildman–Crippen LogP) is 3.81. The van der Waals surface area contributed by atoms with Crippen LogP contribution in [-0.4, -0.2) is 92.9 Å². The number of rotatable bonds is 9. The van der Waals surface area contributed by atoms with Crippen molar-refractivity contribution >= 4 is 38.8 Å². The van der Waals surface area contributed by atoms with Crippen molar-refractivity contribution < 1.29 is 17.9 Å². The summed E-state index contributed by atoms with van der Waals surface area (Å²) in [5.74, 6) is 1.58. The molecule has 1 aliphatic heterocycles. The first kappa shape index (κ1) is 29.3. The lowest BCUT2D eigenvalue weighted by molar-refractivity contribution is -0.130. The fraction of sp³-hybridized carbons (Fsp3) is 0.367.